The first-order valence-electron chi connectivity index (χ1n) is 5.89. The molecule has 0 amide bonds. The minimum Gasteiger partial charge on any atom is -0.316 e. The fourth-order valence-electron chi connectivity index (χ4n) is 0.956. The third-order valence-corrected chi connectivity index (χ3v) is 4.43. The van der Waals surface area contributed by atoms with Gasteiger partial charge in [0.1, 0.15) is 0 Å². The number of sulfonamides is 1. The van der Waals surface area contributed by atoms with Gasteiger partial charge in [-0.25, -0.2) is 13.1 Å². The first kappa shape index (κ1) is 15.9. The molecular formula is C11H26N2O2S. The van der Waals surface area contributed by atoms with Gasteiger partial charge in [0.15, 0.2) is 0 Å². The zero-order valence-corrected chi connectivity index (χ0v) is 11.9. The topological polar surface area (TPSA) is 58.2 Å². The molecule has 0 aromatic rings. The van der Waals surface area contributed by atoms with Crippen molar-refractivity contribution in [2.75, 3.05) is 25.4 Å². The van der Waals surface area contributed by atoms with Crippen LogP contribution in [0.25, 0.3) is 0 Å². The normalized spacial score (nSPS) is 13.4. The maximum atomic E-state index is 11.6. The van der Waals surface area contributed by atoms with Crippen LogP contribution in [0.15, 0.2) is 0 Å². The number of nitrogens with one attached hydrogen (secondary N) is 2. The van der Waals surface area contributed by atoms with E-state index in [0.29, 0.717) is 19.0 Å². The summed E-state index contributed by atoms with van der Waals surface area (Å²) >= 11 is 0. The van der Waals surface area contributed by atoms with E-state index in [9.17, 15) is 8.42 Å². The molecule has 5 heteroatoms. The van der Waals surface area contributed by atoms with Crippen molar-refractivity contribution in [1.82, 2.24) is 10.0 Å². The molecule has 0 heterocycles. The summed E-state index contributed by atoms with van der Waals surface area (Å²) in [5.74, 6) is 0.596. The molecule has 0 bridgehead atoms. The summed E-state index contributed by atoms with van der Waals surface area (Å²) in [5.41, 5.74) is -0.00868. The van der Waals surface area contributed by atoms with E-state index in [4.69, 9.17) is 0 Å². The van der Waals surface area contributed by atoms with Gasteiger partial charge in [0.2, 0.25) is 10.0 Å². The van der Waals surface area contributed by atoms with E-state index in [2.05, 4.69) is 37.7 Å². The molecule has 98 valence electrons. The van der Waals surface area contributed by atoms with Gasteiger partial charge in [-0.2, -0.15) is 0 Å². The second kappa shape index (κ2) is 6.57. The van der Waals surface area contributed by atoms with E-state index >= 15 is 0 Å². The molecule has 16 heavy (non-hydrogen) atoms. The lowest BCUT2D eigenvalue weighted by Gasteiger charge is -2.29. The van der Waals surface area contributed by atoms with Crippen LogP contribution >= 0.6 is 0 Å². The molecule has 4 nitrogen and oxygen atoms in total. The molecule has 0 aliphatic heterocycles. The Morgan fingerprint density at radius 2 is 1.81 bits per heavy atom. The van der Waals surface area contributed by atoms with E-state index < -0.39 is 10.0 Å². The van der Waals surface area contributed by atoms with Gasteiger partial charge in [-0.3, -0.25) is 0 Å². The minimum absolute atomic E-state index is 0.00868. The van der Waals surface area contributed by atoms with E-state index in [1.54, 1.807) is 0 Å². The molecule has 0 aromatic heterocycles. The fraction of sp³-hybridized carbons (Fsp3) is 1.00. The predicted molar refractivity (Wildman–Crippen MR) is 69.0 cm³/mol. The van der Waals surface area contributed by atoms with E-state index in [1.807, 2.05) is 6.92 Å². The van der Waals surface area contributed by atoms with Crippen molar-refractivity contribution in [3.05, 3.63) is 0 Å². The summed E-state index contributed by atoms with van der Waals surface area (Å²) in [7, 11) is -3.13. The molecule has 0 fully saturated rings. The van der Waals surface area contributed by atoms with Crippen molar-refractivity contribution in [1.29, 1.82) is 0 Å². The van der Waals surface area contributed by atoms with Crippen LogP contribution in [0.3, 0.4) is 0 Å². The van der Waals surface area contributed by atoms with Crippen LogP contribution < -0.4 is 10.0 Å². The van der Waals surface area contributed by atoms with Gasteiger partial charge >= 0.3 is 0 Å². The average molecular weight is 250 g/mol. The molecule has 0 saturated heterocycles. The van der Waals surface area contributed by atoms with E-state index in [1.165, 1.54) is 0 Å². The van der Waals surface area contributed by atoms with Crippen LogP contribution in [0.1, 0.15) is 34.6 Å². The van der Waals surface area contributed by atoms with Crippen LogP contribution in [-0.2, 0) is 10.0 Å². The Labute approximate surface area is 100 Å². The summed E-state index contributed by atoms with van der Waals surface area (Å²) in [6.45, 7) is 12.1. The van der Waals surface area contributed by atoms with Gasteiger partial charge < -0.3 is 5.32 Å². The van der Waals surface area contributed by atoms with E-state index in [0.717, 1.165) is 6.54 Å². The van der Waals surface area contributed by atoms with Gasteiger partial charge in [0.05, 0.1) is 5.75 Å². The highest BCUT2D eigenvalue weighted by molar-refractivity contribution is 7.89. The lowest BCUT2D eigenvalue weighted by molar-refractivity contribution is 0.252. The molecule has 0 unspecified atom stereocenters. The summed E-state index contributed by atoms with van der Waals surface area (Å²) in [6.07, 6.45) is 0. The third-order valence-electron chi connectivity index (χ3n) is 3.11. The van der Waals surface area contributed by atoms with Gasteiger partial charge in [0, 0.05) is 13.1 Å². The second-order valence-electron chi connectivity index (χ2n) is 5.14. The van der Waals surface area contributed by atoms with Crippen molar-refractivity contribution in [3.8, 4) is 0 Å². The zero-order chi connectivity index (χ0) is 12.8. The molecule has 0 atom stereocenters. The number of rotatable bonds is 8. The molecule has 0 aliphatic rings. The maximum Gasteiger partial charge on any atom is 0.212 e. The van der Waals surface area contributed by atoms with Crippen LogP contribution in [0.4, 0.5) is 0 Å². The highest BCUT2D eigenvalue weighted by Crippen LogP contribution is 2.24. The van der Waals surface area contributed by atoms with Gasteiger partial charge in [-0.05, 0) is 17.9 Å². The molecule has 0 radical (unpaired) electrons. The maximum absolute atomic E-state index is 11.6. The van der Waals surface area contributed by atoms with Crippen molar-refractivity contribution in [2.24, 2.45) is 11.3 Å². The molecular weight excluding hydrogens is 224 g/mol. The van der Waals surface area contributed by atoms with Crippen LogP contribution in [0, 0.1) is 11.3 Å². The Morgan fingerprint density at radius 1 is 1.25 bits per heavy atom. The third kappa shape index (κ3) is 6.45. The summed E-state index contributed by atoms with van der Waals surface area (Å²) in [6, 6.07) is 0. The average Bonchev–Trinajstić information content (AvgIpc) is 2.15. The van der Waals surface area contributed by atoms with Crippen molar-refractivity contribution in [3.63, 3.8) is 0 Å². The van der Waals surface area contributed by atoms with Crippen molar-refractivity contribution >= 4 is 10.0 Å². The highest BCUT2D eigenvalue weighted by atomic mass is 32.2. The smallest absolute Gasteiger partial charge is 0.212 e. The summed E-state index contributed by atoms with van der Waals surface area (Å²) < 4.78 is 25.9. The summed E-state index contributed by atoms with van der Waals surface area (Å²) in [5, 5.41) is 3.01. The quantitative estimate of drug-likeness (QED) is 0.636. The van der Waals surface area contributed by atoms with Crippen molar-refractivity contribution in [2.45, 2.75) is 34.6 Å². The first-order chi connectivity index (χ1) is 7.21. The predicted octanol–water partition coefficient (Wildman–Crippen LogP) is 1.20. The number of hydrogen-bond donors (Lipinski definition) is 2. The van der Waals surface area contributed by atoms with Crippen molar-refractivity contribution < 1.29 is 8.42 Å². The summed E-state index contributed by atoms with van der Waals surface area (Å²) in [4.78, 5) is 0. The SMILES string of the molecule is CCNCCS(=O)(=O)NCC(C)(C)C(C)C. The monoisotopic (exact) mass is 250 g/mol. The lowest BCUT2D eigenvalue weighted by atomic mass is 9.81. The van der Waals surface area contributed by atoms with E-state index in [-0.39, 0.29) is 11.2 Å². The van der Waals surface area contributed by atoms with Crippen LogP contribution in [-0.4, -0.2) is 33.8 Å². The first-order valence-corrected chi connectivity index (χ1v) is 7.54. The molecule has 0 rings (SSSR count). The molecule has 0 saturated carbocycles. The Bertz CT molecular complexity index is 284. The Morgan fingerprint density at radius 3 is 2.25 bits per heavy atom. The van der Waals surface area contributed by atoms with Crippen LogP contribution in [0.5, 0.6) is 0 Å². The number of hydrogen-bond acceptors (Lipinski definition) is 3. The Hall–Kier alpha value is -0.130. The largest absolute Gasteiger partial charge is 0.316 e. The zero-order valence-electron chi connectivity index (χ0n) is 11.1. The molecule has 0 spiro atoms. The Kier molecular flexibility index (Phi) is 6.51. The van der Waals surface area contributed by atoms with Gasteiger partial charge in [-0.1, -0.05) is 34.6 Å². The van der Waals surface area contributed by atoms with Crippen LogP contribution in [0.2, 0.25) is 0 Å². The van der Waals surface area contributed by atoms with Gasteiger partial charge in [-0.15, -0.1) is 0 Å². The fourth-order valence-corrected chi connectivity index (χ4v) is 2.10. The second-order valence-corrected chi connectivity index (χ2v) is 7.06. The minimum atomic E-state index is -3.13. The lowest BCUT2D eigenvalue weighted by Crippen LogP contribution is -2.39. The molecule has 0 aromatic carbocycles. The Balaban J connectivity index is 4.09. The van der Waals surface area contributed by atoms with Gasteiger partial charge in [0.25, 0.3) is 0 Å². The highest BCUT2D eigenvalue weighted by Gasteiger charge is 2.24. The standard InChI is InChI=1S/C11H26N2O2S/c1-6-12-7-8-16(14,15)13-9-11(4,5)10(2)3/h10,12-13H,6-9H2,1-5H3. The molecule has 0 aliphatic carbocycles. The molecule has 2 N–H and O–H groups in total.